The molecule has 1 aliphatic rings. The summed E-state index contributed by atoms with van der Waals surface area (Å²) in [4.78, 5) is 24.6. The normalized spacial score (nSPS) is 15.1. The molecule has 0 bridgehead atoms. The Morgan fingerprint density at radius 3 is 2.33 bits per heavy atom. The molecule has 3 rings (SSSR count). The number of rotatable bonds is 3. The van der Waals surface area contributed by atoms with Gasteiger partial charge in [0.2, 0.25) is 0 Å². The number of aryl methyl sites for hydroxylation is 1. The second-order valence-electron chi connectivity index (χ2n) is 9.16. The third-order valence-corrected chi connectivity index (χ3v) is 6.24. The largest absolute Gasteiger partial charge is 0.468 e. The minimum Gasteiger partial charge on any atom is -0.468 e. The Balaban J connectivity index is 1.95. The Kier molecular flexibility index (Phi) is 5.90. The number of benzene rings is 2. The van der Waals surface area contributed by atoms with Gasteiger partial charge in [0.1, 0.15) is 0 Å². The Bertz CT molecular complexity index is 1040. The summed E-state index contributed by atoms with van der Waals surface area (Å²) in [6.07, 6.45) is 2.31. The van der Waals surface area contributed by atoms with Gasteiger partial charge in [-0.05, 0) is 73.1 Å². The number of esters is 1. The van der Waals surface area contributed by atoms with Crippen LogP contribution in [0.5, 0.6) is 0 Å². The molecule has 0 unspecified atom stereocenters. The fourth-order valence-electron chi connectivity index (χ4n) is 4.09. The minimum absolute atomic E-state index is 0.0219. The van der Waals surface area contributed by atoms with E-state index in [1.54, 1.807) is 0 Å². The van der Waals surface area contributed by atoms with Gasteiger partial charge in [-0.2, -0.15) is 0 Å². The van der Waals surface area contributed by atoms with Gasteiger partial charge in [-0.25, -0.2) is 0 Å². The van der Waals surface area contributed by atoms with Crippen molar-refractivity contribution in [3.05, 3.63) is 69.8 Å². The van der Waals surface area contributed by atoms with E-state index in [1.807, 2.05) is 38.1 Å². The van der Waals surface area contributed by atoms with Crippen molar-refractivity contribution in [1.82, 2.24) is 0 Å². The predicted molar refractivity (Wildman–Crippen MR) is 120 cm³/mol. The highest BCUT2D eigenvalue weighted by atomic mass is 16.5. The molecular formula is C27H30O3. The number of carbonyl (C=O) groups excluding carboxylic acids is 2. The molecule has 0 radical (unpaired) electrons. The first-order chi connectivity index (χ1) is 14.1. The first-order valence-corrected chi connectivity index (χ1v) is 10.5. The van der Waals surface area contributed by atoms with Crippen LogP contribution in [0.4, 0.5) is 0 Å². The summed E-state index contributed by atoms with van der Waals surface area (Å²) in [5, 5.41) is 0. The lowest BCUT2D eigenvalue weighted by Crippen LogP contribution is -2.30. The number of hydrogen-bond acceptors (Lipinski definition) is 3. The zero-order chi connectivity index (χ0) is 22.1. The van der Waals surface area contributed by atoms with Crippen LogP contribution < -0.4 is 0 Å². The summed E-state index contributed by atoms with van der Waals surface area (Å²) in [7, 11) is 1.40. The van der Waals surface area contributed by atoms with E-state index in [0.717, 1.165) is 46.2 Å². The van der Waals surface area contributed by atoms with Crippen molar-refractivity contribution in [2.45, 2.75) is 64.7 Å². The van der Waals surface area contributed by atoms with Crippen molar-refractivity contribution in [2.75, 3.05) is 7.11 Å². The van der Waals surface area contributed by atoms with E-state index >= 15 is 0 Å². The Hall–Kier alpha value is -2.86. The molecule has 0 heterocycles. The number of carbonyl (C=O) groups is 2. The molecule has 0 amide bonds. The number of ether oxygens (including phenoxy) is 1. The number of ketones is 1. The van der Waals surface area contributed by atoms with Gasteiger partial charge in [0.15, 0.2) is 5.78 Å². The van der Waals surface area contributed by atoms with E-state index in [2.05, 4.69) is 44.7 Å². The predicted octanol–water partition coefficient (Wildman–Crippen LogP) is 5.35. The Morgan fingerprint density at radius 1 is 1.10 bits per heavy atom. The van der Waals surface area contributed by atoms with E-state index in [1.165, 1.54) is 7.11 Å². The van der Waals surface area contributed by atoms with Crippen LogP contribution in [0.15, 0.2) is 36.4 Å². The van der Waals surface area contributed by atoms with Crippen LogP contribution in [0.25, 0.3) is 0 Å². The number of Topliss-reactive ketones (excluding diaryl/α,β-unsaturated/α-hetero) is 1. The zero-order valence-corrected chi connectivity index (χ0v) is 18.8. The first-order valence-electron chi connectivity index (χ1n) is 10.5. The van der Waals surface area contributed by atoms with Crippen molar-refractivity contribution < 1.29 is 14.3 Å². The van der Waals surface area contributed by atoms with Gasteiger partial charge in [0, 0.05) is 23.1 Å². The SMILES string of the molecule is CCc1cc(C#Cc2ccc(C(C)(C)C(=O)OC)cc2)cc2c1C(=O)CCC2(C)C. The zero-order valence-electron chi connectivity index (χ0n) is 18.8. The smallest absolute Gasteiger partial charge is 0.315 e. The van der Waals surface area contributed by atoms with Crippen LogP contribution in [0.2, 0.25) is 0 Å². The van der Waals surface area contributed by atoms with Crippen LogP contribution in [-0.4, -0.2) is 18.9 Å². The monoisotopic (exact) mass is 402 g/mol. The lowest BCUT2D eigenvalue weighted by atomic mass is 9.70. The van der Waals surface area contributed by atoms with Gasteiger partial charge in [-0.15, -0.1) is 0 Å². The molecule has 1 aliphatic carbocycles. The third-order valence-electron chi connectivity index (χ3n) is 6.24. The second-order valence-corrected chi connectivity index (χ2v) is 9.16. The molecule has 30 heavy (non-hydrogen) atoms. The molecule has 2 aromatic carbocycles. The van der Waals surface area contributed by atoms with Crippen molar-refractivity contribution in [3.8, 4) is 11.8 Å². The van der Waals surface area contributed by atoms with Crippen LogP contribution >= 0.6 is 0 Å². The van der Waals surface area contributed by atoms with Crippen molar-refractivity contribution >= 4 is 11.8 Å². The van der Waals surface area contributed by atoms with Crippen molar-refractivity contribution in [2.24, 2.45) is 0 Å². The molecule has 0 fully saturated rings. The highest BCUT2D eigenvalue weighted by Gasteiger charge is 2.33. The van der Waals surface area contributed by atoms with E-state index in [-0.39, 0.29) is 17.2 Å². The quantitative estimate of drug-likeness (QED) is 0.513. The summed E-state index contributed by atoms with van der Waals surface area (Å²) in [5.74, 6) is 6.50. The Morgan fingerprint density at radius 2 is 1.73 bits per heavy atom. The summed E-state index contributed by atoms with van der Waals surface area (Å²) in [5.41, 5.74) is 5.11. The van der Waals surface area contributed by atoms with Gasteiger partial charge in [-0.1, -0.05) is 44.7 Å². The fourth-order valence-corrected chi connectivity index (χ4v) is 4.09. The summed E-state index contributed by atoms with van der Waals surface area (Å²) >= 11 is 0. The number of fused-ring (bicyclic) bond motifs is 1. The number of methoxy groups -OCH3 is 1. The lowest BCUT2D eigenvalue weighted by molar-refractivity contribution is -0.146. The Labute approximate surface area is 179 Å². The molecule has 2 aromatic rings. The molecular weight excluding hydrogens is 372 g/mol. The fraction of sp³-hybridized carbons (Fsp3) is 0.407. The van der Waals surface area contributed by atoms with Crippen molar-refractivity contribution in [3.63, 3.8) is 0 Å². The van der Waals surface area contributed by atoms with Crippen LogP contribution in [0.3, 0.4) is 0 Å². The average molecular weight is 403 g/mol. The molecule has 0 N–H and O–H groups in total. The molecule has 0 saturated heterocycles. The number of hydrogen-bond donors (Lipinski definition) is 0. The third kappa shape index (κ3) is 4.05. The van der Waals surface area contributed by atoms with Crippen LogP contribution in [0, 0.1) is 11.8 Å². The van der Waals surface area contributed by atoms with Gasteiger partial charge >= 0.3 is 5.97 Å². The van der Waals surface area contributed by atoms with Crippen molar-refractivity contribution in [1.29, 1.82) is 0 Å². The minimum atomic E-state index is -0.701. The van der Waals surface area contributed by atoms with E-state index in [9.17, 15) is 9.59 Å². The first kappa shape index (κ1) is 21.8. The van der Waals surface area contributed by atoms with Crippen LogP contribution in [-0.2, 0) is 26.8 Å². The maximum Gasteiger partial charge on any atom is 0.315 e. The molecule has 0 aromatic heterocycles. The lowest BCUT2D eigenvalue weighted by Gasteiger charge is -2.33. The van der Waals surface area contributed by atoms with Gasteiger partial charge in [0.25, 0.3) is 0 Å². The maximum absolute atomic E-state index is 12.6. The van der Waals surface area contributed by atoms with Gasteiger partial charge in [0.05, 0.1) is 12.5 Å². The highest BCUT2D eigenvalue weighted by Crippen LogP contribution is 2.39. The average Bonchev–Trinajstić information content (AvgIpc) is 2.74. The summed E-state index contributed by atoms with van der Waals surface area (Å²) < 4.78 is 4.91. The molecule has 0 saturated carbocycles. The molecule has 0 spiro atoms. The molecule has 0 aliphatic heterocycles. The highest BCUT2D eigenvalue weighted by molar-refractivity contribution is 6.00. The molecule has 0 atom stereocenters. The summed E-state index contributed by atoms with van der Waals surface area (Å²) in [6.45, 7) is 10.2. The maximum atomic E-state index is 12.6. The molecule has 156 valence electrons. The second kappa shape index (κ2) is 8.11. The van der Waals surface area contributed by atoms with Gasteiger partial charge < -0.3 is 4.74 Å². The van der Waals surface area contributed by atoms with Crippen LogP contribution in [0.1, 0.15) is 85.6 Å². The standard InChI is InChI=1S/C27H30O3/c1-7-20-16-19(17-22-24(20)23(28)14-15-26(22,2)3)9-8-18-10-12-21(13-11-18)27(4,5)25(29)30-6/h10-13,16-17H,7,14-15H2,1-6H3. The summed E-state index contributed by atoms with van der Waals surface area (Å²) in [6, 6.07) is 11.9. The van der Waals surface area contributed by atoms with E-state index in [0.29, 0.717) is 6.42 Å². The topological polar surface area (TPSA) is 43.4 Å². The van der Waals surface area contributed by atoms with E-state index in [4.69, 9.17) is 4.74 Å². The van der Waals surface area contributed by atoms with E-state index < -0.39 is 5.41 Å². The molecule has 3 heteroatoms. The molecule has 3 nitrogen and oxygen atoms in total. The van der Waals surface area contributed by atoms with Gasteiger partial charge in [-0.3, -0.25) is 9.59 Å².